The van der Waals surface area contributed by atoms with Crippen LogP contribution in [0, 0.1) is 5.92 Å². The Hall–Kier alpha value is -0.610. The molecule has 1 atom stereocenters. The average Bonchev–Trinajstić information content (AvgIpc) is 2.28. The maximum absolute atomic E-state index is 11.8. The molecule has 1 aliphatic carbocycles. The highest BCUT2D eigenvalue weighted by Crippen LogP contribution is 2.23. The summed E-state index contributed by atoms with van der Waals surface area (Å²) in [6.45, 7) is 10.4. The standard InChI is InChI=1S/C15H30N2O2/c1-10(2)13(16)14(18)19-12-8-6-11(7-9-12)17-15(3,4)5/h10-13,17H,6-9,16H2,1-5H3/t11-,12-,13-/m0/s1. The van der Waals surface area contributed by atoms with Crippen molar-refractivity contribution in [1.29, 1.82) is 0 Å². The van der Waals surface area contributed by atoms with E-state index >= 15 is 0 Å². The van der Waals surface area contributed by atoms with Crippen molar-refractivity contribution in [2.24, 2.45) is 11.7 Å². The summed E-state index contributed by atoms with van der Waals surface area (Å²) in [7, 11) is 0. The van der Waals surface area contributed by atoms with E-state index in [1.54, 1.807) is 0 Å². The SMILES string of the molecule is CC(C)[C@H](N)C(=O)O[C@H]1CC[C@H](NC(C)(C)C)CC1. The first-order valence-electron chi connectivity index (χ1n) is 7.43. The highest BCUT2D eigenvalue weighted by molar-refractivity contribution is 5.75. The molecule has 0 radical (unpaired) electrons. The first kappa shape index (κ1) is 16.4. The van der Waals surface area contributed by atoms with Crippen LogP contribution in [0.4, 0.5) is 0 Å². The van der Waals surface area contributed by atoms with Crippen molar-refractivity contribution in [3.8, 4) is 0 Å². The molecular weight excluding hydrogens is 240 g/mol. The number of ether oxygens (including phenoxy) is 1. The smallest absolute Gasteiger partial charge is 0.323 e. The third kappa shape index (κ3) is 5.91. The van der Waals surface area contributed by atoms with Crippen LogP contribution >= 0.6 is 0 Å². The van der Waals surface area contributed by atoms with E-state index in [0.717, 1.165) is 25.7 Å². The largest absolute Gasteiger partial charge is 0.461 e. The summed E-state index contributed by atoms with van der Waals surface area (Å²) in [5.74, 6) is -0.117. The molecule has 0 heterocycles. The quantitative estimate of drug-likeness (QED) is 0.769. The molecule has 1 saturated carbocycles. The molecule has 1 fully saturated rings. The Morgan fingerprint density at radius 1 is 1.21 bits per heavy atom. The Bertz CT molecular complexity index is 289. The van der Waals surface area contributed by atoms with Crippen LogP contribution in [-0.4, -0.2) is 29.7 Å². The monoisotopic (exact) mass is 270 g/mol. The number of esters is 1. The zero-order valence-electron chi connectivity index (χ0n) is 13.0. The van der Waals surface area contributed by atoms with Gasteiger partial charge in [0, 0.05) is 11.6 Å². The molecule has 0 unspecified atom stereocenters. The van der Waals surface area contributed by atoms with E-state index < -0.39 is 6.04 Å². The number of nitrogens with two attached hydrogens (primary N) is 1. The van der Waals surface area contributed by atoms with E-state index in [-0.39, 0.29) is 23.5 Å². The average molecular weight is 270 g/mol. The van der Waals surface area contributed by atoms with Gasteiger partial charge in [0.25, 0.3) is 0 Å². The van der Waals surface area contributed by atoms with E-state index in [0.29, 0.717) is 6.04 Å². The van der Waals surface area contributed by atoms with Gasteiger partial charge in [0.2, 0.25) is 0 Å². The predicted molar refractivity (Wildman–Crippen MR) is 77.8 cm³/mol. The van der Waals surface area contributed by atoms with Gasteiger partial charge in [-0.25, -0.2) is 0 Å². The number of carbonyl (C=O) groups excluding carboxylic acids is 1. The number of rotatable bonds is 4. The van der Waals surface area contributed by atoms with E-state index in [1.165, 1.54) is 0 Å². The first-order chi connectivity index (χ1) is 8.69. The normalized spacial score (nSPS) is 26.3. The van der Waals surface area contributed by atoms with Gasteiger partial charge in [-0.1, -0.05) is 13.8 Å². The summed E-state index contributed by atoms with van der Waals surface area (Å²) >= 11 is 0. The molecule has 112 valence electrons. The Morgan fingerprint density at radius 3 is 2.16 bits per heavy atom. The lowest BCUT2D eigenvalue weighted by Crippen LogP contribution is -2.46. The Kier molecular flexibility index (Phi) is 5.81. The number of hydrogen-bond acceptors (Lipinski definition) is 4. The minimum Gasteiger partial charge on any atom is -0.461 e. The summed E-state index contributed by atoms with van der Waals surface area (Å²) in [6, 6.07) is 0.0409. The molecule has 0 aliphatic heterocycles. The minimum absolute atomic E-state index is 0.0512. The molecule has 0 bridgehead atoms. The lowest BCUT2D eigenvalue weighted by Gasteiger charge is -2.34. The number of nitrogens with one attached hydrogen (secondary N) is 1. The zero-order chi connectivity index (χ0) is 14.6. The van der Waals surface area contributed by atoms with E-state index in [1.807, 2.05) is 13.8 Å². The highest BCUT2D eigenvalue weighted by atomic mass is 16.5. The minimum atomic E-state index is -0.495. The number of carbonyl (C=O) groups is 1. The van der Waals surface area contributed by atoms with Crippen molar-refractivity contribution in [2.75, 3.05) is 0 Å². The van der Waals surface area contributed by atoms with Crippen LogP contribution in [0.5, 0.6) is 0 Å². The molecular formula is C15H30N2O2. The van der Waals surface area contributed by atoms with Crippen molar-refractivity contribution in [3.05, 3.63) is 0 Å². The predicted octanol–water partition coefficient (Wildman–Crippen LogP) is 2.21. The molecule has 19 heavy (non-hydrogen) atoms. The summed E-state index contributed by atoms with van der Waals surface area (Å²) in [6.07, 6.45) is 4.04. The van der Waals surface area contributed by atoms with Gasteiger partial charge < -0.3 is 15.8 Å². The van der Waals surface area contributed by atoms with Crippen molar-refractivity contribution in [2.45, 2.75) is 84.0 Å². The van der Waals surface area contributed by atoms with Gasteiger partial charge in [-0.05, 0) is 52.4 Å². The van der Waals surface area contributed by atoms with Gasteiger partial charge in [0.1, 0.15) is 12.1 Å². The van der Waals surface area contributed by atoms with Gasteiger partial charge in [-0.15, -0.1) is 0 Å². The molecule has 4 heteroatoms. The van der Waals surface area contributed by atoms with E-state index in [4.69, 9.17) is 10.5 Å². The molecule has 0 aromatic heterocycles. The Labute approximate surface area is 117 Å². The van der Waals surface area contributed by atoms with Gasteiger partial charge in [-0.3, -0.25) is 4.79 Å². The van der Waals surface area contributed by atoms with Crippen LogP contribution in [0.2, 0.25) is 0 Å². The first-order valence-corrected chi connectivity index (χ1v) is 7.43. The molecule has 1 aliphatic rings. The van der Waals surface area contributed by atoms with Gasteiger partial charge in [-0.2, -0.15) is 0 Å². The highest BCUT2D eigenvalue weighted by Gasteiger charge is 2.28. The second-order valence-electron chi connectivity index (χ2n) is 7.07. The molecule has 3 N–H and O–H groups in total. The molecule has 0 spiro atoms. The molecule has 0 amide bonds. The van der Waals surface area contributed by atoms with Crippen molar-refractivity contribution >= 4 is 5.97 Å². The number of hydrogen-bond donors (Lipinski definition) is 2. The summed E-state index contributed by atoms with van der Waals surface area (Å²) < 4.78 is 5.50. The fraction of sp³-hybridized carbons (Fsp3) is 0.933. The van der Waals surface area contributed by atoms with Crippen LogP contribution in [0.15, 0.2) is 0 Å². The van der Waals surface area contributed by atoms with Crippen LogP contribution < -0.4 is 11.1 Å². The third-order valence-electron chi connectivity index (χ3n) is 3.58. The van der Waals surface area contributed by atoms with Crippen molar-refractivity contribution in [3.63, 3.8) is 0 Å². The fourth-order valence-corrected chi connectivity index (χ4v) is 2.45. The third-order valence-corrected chi connectivity index (χ3v) is 3.58. The van der Waals surface area contributed by atoms with Crippen LogP contribution in [0.3, 0.4) is 0 Å². The molecule has 1 rings (SSSR count). The Balaban J connectivity index is 2.32. The van der Waals surface area contributed by atoms with E-state index in [2.05, 4.69) is 26.1 Å². The van der Waals surface area contributed by atoms with E-state index in [9.17, 15) is 4.79 Å². The summed E-state index contributed by atoms with van der Waals surface area (Å²) in [5, 5.41) is 3.61. The second-order valence-corrected chi connectivity index (χ2v) is 7.07. The summed E-state index contributed by atoms with van der Waals surface area (Å²) in [5.41, 5.74) is 5.95. The Morgan fingerprint density at radius 2 is 1.74 bits per heavy atom. The molecule has 0 aromatic rings. The van der Waals surface area contributed by atoms with Gasteiger partial charge in [0.15, 0.2) is 0 Å². The fourth-order valence-electron chi connectivity index (χ4n) is 2.45. The van der Waals surface area contributed by atoms with Crippen molar-refractivity contribution in [1.82, 2.24) is 5.32 Å². The maximum atomic E-state index is 11.8. The van der Waals surface area contributed by atoms with Crippen LogP contribution in [0.1, 0.15) is 60.3 Å². The lowest BCUT2D eigenvalue weighted by molar-refractivity contribution is -0.153. The lowest BCUT2D eigenvalue weighted by atomic mass is 9.91. The zero-order valence-corrected chi connectivity index (χ0v) is 13.0. The van der Waals surface area contributed by atoms with Crippen LogP contribution in [-0.2, 0) is 9.53 Å². The topological polar surface area (TPSA) is 64.4 Å². The van der Waals surface area contributed by atoms with Crippen LogP contribution in [0.25, 0.3) is 0 Å². The second kappa shape index (κ2) is 6.71. The molecule has 0 aromatic carbocycles. The summed E-state index contributed by atoms with van der Waals surface area (Å²) in [4.78, 5) is 11.8. The van der Waals surface area contributed by atoms with Gasteiger partial charge in [0.05, 0.1) is 0 Å². The molecule has 0 saturated heterocycles. The van der Waals surface area contributed by atoms with Crippen molar-refractivity contribution < 1.29 is 9.53 Å². The van der Waals surface area contributed by atoms with Gasteiger partial charge >= 0.3 is 5.97 Å². The molecule has 4 nitrogen and oxygen atoms in total. The maximum Gasteiger partial charge on any atom is 0.323 e.